The van der Waals surface area contributed by atoms with Crippen LogP contribution in [-0.2, 0) is 19.9 Å². The quantitative estimate of drug-likeness (QED) is 0.874. The van der Waals surface area contributed by atoms with Gasteiger partial charge >= 0.3 is 0 Å². The smallest absolute Gasteiger partial charge is 0.0766 e. The second-order valence-electron chi connectivity index (χ2n) is 5.60. The lowest BCUT2D eigenvalue weighted by Gasteiger charge is -2.21. The van der Waals surface area contributed by atoms with Crippen LogP contribution in [0, 0.1) is 5.92 Å². The van der Waals surface area contributed by atoms with Crippen LogP contribution >= 0.6 is 15.9 Å². The molecule has 2 rings (SSSR count). The van der Waals surface area contributed by atoms with Crippen molar-refractivity contribution >= 4 is 15.9 Å². The molecule has 102 valence electrons. The number of aryl methyl sites for hydroxylation is 2. The lowest BCUT2D eigenvalue weighted by molar-refractivity contribution is 0.388. The molecule has 1 aromatic heterocycles. The number of rotatable bonds is 6. The van der Waals surface area contributed by atoms with Crippen LogP contribution in [0.3, 0.4) is 0 Å². The predicted molar refractivity (Wildman–Crippen MR) is 78.8 cm³/mol. The molecule has 0 amide bonds. The molecular formula is C14H24BrN3. The Morgan fingerprint density at radius 2 is 2.11 bits per heavy atom. The van der Waals surface area contributed by atoms with Crippen LogP contribution in [0.1, 0.15) is 45.0 Å². The highest BCUT2D eigenvalue weighted by atomic mass is 79.9. The van der Waals surface area contributed by atoms with Crippen LogP contribution in [0.25, 0.3) is 0 Å². The molecule has 0 saturated heterocycles. The van der Waals surface area contributed by atoms with Gasteiger partial charge in [0.05, 0.1) is 15.9 Å². The van der Waals surface area contributed by atoms with Crippen molar-refractivity contribution in [2.24, 2.45) is 13.0 Å². The van der Waals surface area contributed by atoms with Gasteiger partial charge in [-0.25, -0.2) is 0 Å². The third-order valence-electron chi connectivity index (χ3n) is 3.95. The summed E-state index contributed by atoms with van der Waals surface area (Å²) in [5, 5.41) is 8.25. The second-order valence-corrected chi connectivity index (χ2v) is 6.39. The van der Waals surface area contributed by atoms with E-state index in [-0.39, 0.29) is 0 Å². The minimum absolute atomic E-state index is 0.573. The maximum absolute atomic E-state index is 4.56. The SMILES string of the molecule is CCc1nn(C)c(CC(C)C(C)NC2CC2)c1Br. The molecule has 0 bridgehead atoms. The Hall–Kier alpha value is -0.350. The van der Waals surface area contributed by atoms with E-state index in [1.165, 1.54) is 28.7 Å². The molecule has 3 nitrogen and oxygen atoms in total. The minimum Gasteiger partial charge on any atom is -0.311 e. The molecule has 0 aromatic carbocycles. The van der Waals surface area contributed by atoms with Crippen LogP contribution in [0.5, 0.6) is 0 Å². The van der Waals surface area contributed by atoms with Gasteiger partial charge in [-0.15, -0.1) is 0 Å². The largest absolute Gasteiger partial charge is 0.311 e. The molecular weight excluding hydrogens is 290 g/mol. The average molecular weight is 314 g/mol. The summed E-state index contributed by atoms with van der Waals surface area (Å²) in [7, 11) is 2.05. The summed E-state index contributed by atoms with van der Waals surface area (Å²) in [4.78, 5) is 0. The Balaban J connectivity index is 2.00. The van der Waals surface area contributed by atoms with E-state index >= 15 is 0 Å². The average Bonchev–Trinajstić information content (AvgIpc) is 3.10. The summed E-state index contributed by atoms with van der Waals surface area (Å²) in [6.07, 6.45) is 4.77. The highest BCUT2D eigenvalue weighted by Gasteiger charge is 2.26. The zero-order chi connectivity index (χ0) is 13.3. The van der Waals surface area contributed by atoms with Gasteiger partial charge in [-0.2, -0.15) is 5.10 Å². The fraction of sp³-hybridized carbons (Fsp3) is 0.786. The first-order valence-electron chi connectivity index (χ1n) is 6.99. The Labute approximate surface area is 118 Å². The van der Waals surface area contributed by atoms with E-state index in [1.54, 1.807) is 0 Å². The first-order valence-corrected chi connectivity index (χ1v) is 7.78. The molecule has 1 aliphatic rings. The Morgan fingerprint density at radius 3 is 2.61 bits per heavy atom. The molecule has 0 spiro atoms. The lowest BCUT2D eigenvalue weighted by Crippen LogP contribution is -2.35. The van der Waals surface area contributed by atoms with Crippen LogP contribution in [0.15, 0.2) is 4.47 Å². The topological polar surface area (TPSA) is 29.9 Å². The van der Waals surface area contributed by atoms with Crippen molar-refractivity contribution in [2.75, 3.05) is 0 Å². The Kier molecular flexibility index (Phi) is 4.49. The van der Waals surface area contributed by atoms with Crippen molar-refractivity contribution in [1.82, 2.24) is 15.1 Å². The second kappa shape index (κ2) is 5.74. The van der Waals surface area contributed by atoms with Gasteiger partial charge in [0.25, 0.3) is 0 Å². The van der Waals surface area contributed by atoms with Gasteiger partial charge in [-0.05, 0) is 54.5 Å². The maximum Gasteiger partial charge on any atom is 0.0766 e. The van der Waals surface area contributed by atoms with Crippen molar-refractivity contribution < 1.29 is 0 Å². The van der Waals surface area contributed by atoms with Crippen molar-refractivity contribution in [3.8, 4) is 0 Å². The van der Waals surface area contributed by atoms with E-state index in [1.807, 2.05) is 11.7 Å². The monoisotopic (exact) mass is 313 g/mol. The van der Waals surface area contributed by atoms with Crippen LogP contribution in [-0.4, -0.2) is 21.9 Å². The van der Waals surface area contributed by atoms with Crippen molar-refractivity contribution in [3.63, 3.8) is 0 Å². The summed E-state index contributed by atoms with van der Waals surface area (Å²) in [6, 6.07) is 1.35. The zero-order valence-corrected chi connectivity index (χ0v) is 13.4. The van der Waals surface area contributed by atoms with Crippen molar-refractivity contribution in [2.45, 2.75) is 58.5 Å². The molecule has 2 unspecified atom stereocenters. The molecule has 1 heterocycles. The Morgan fingerprint density at radius 1 is 1.44 bits per heavy atom. The van der Waals surface area contributed by atoms with Gasteiger partial charge in [0, 0.05) is 19.1 Å². The highest BCUT2D eigenvalue weighted by molar-refractivity contribution is 9.10. The van der Waals surface area contributed by atoms with Gasteiger partial charge in [-0.3, -0.25) is 4.68 Å². The van der Waals surface area contributed by atoms with Crippen LogP contribution in [0.4, 0.5) is 0 Å². The first kappa shape index (κ1) is 14.1. The molecule has 1 saturated carbocycles. The van der Waals surface area contributed by atoms with Gasteiger partial charge in [0.15, 0.2) is 0 Å². The first-order chi connectivity index (χ1) is 8.52. The van der Waals surface area contributed by atoms with E-state index in [4.69, 9.17) is 0 Å². The predicted octanol–water partition coefficient (Wildman–Crippen LogP) is 3.06. The van der Waals surface area contributed by atoms with E-state index in [9.17, 15) is 0 Å². The molecule has 1 aliphatic carbocycles. The summed E-state index contributed by atoms with van der Waals surface area (Å²) in [5.41, 5.74) is 2.49. The number of nitrogens with zero attached hydrogens (tertiary/aromatic N) is 2. The molecule has 4 heteroatoms. The number of halogens is 1. The van der Waals surface area contributed by atoms with Gasteiger partial charge in [0.1, 0.15) is 0 Å². The fourth-order valence-corrected chi connectivity index (χ4v) is 3.09. The number of hydrogen-bond donors (Lipinski definition) is 1. The normalized spacial score (nSPS) is 18.9. The van der Waals surface area contributed by atoms with E-state index < -0.39 is 0 Å². The van der Waals surface area contributed by atoms with E-state index in [0.29, 0.717) is 12.0 Å². The van der Waals surface area contributed by atoms with E-state index in [0.717, 1.165) is 18.9 Å². The molecule has 18 heavy (non-hydrogen) atoms. The van der Waals surface area contributed by atoms with E-state index in [2.05, 4.69) is 47.1 Å². The van der Waals surface area contributed by atoms with Crippen LogP contribution in [0.2, 0.25) is 0 Å². The molecule has 0 radical (unpaired) electrons. The highest BCUT2D eigenvalue weighted by Crippen LogP contribution is 2.26. The number of nitrogens with one attached hydrogen (secondary N) is 1. The number of hydrogen-bond acceptors (Lipinski definition) is 2. The summed E-state index contributed by atoms with van der Waals surface area (Å²) < 4.78 is 3.24. The summed E-state index contributed by atoms with van der Waals surface area (Å²) >= 11 is 3.70. The zero-order valence-electron chi connectivity index (χ0n) is 11.8. The van der Waals surface area contributed by atoms with Gasteiger partial charge in [-0.1, -0.05) is 13.8 Å². The van der Waals surface area contributed by atoms with Crippen molar-refractivity contribution in [1.29, 1.82) is 0 Å². The third kappa shape index (κ3) is 3.15. The van der Waals surface area contributed by atoms with Gasteiger partial charge < -0.3 is 5.32 Å². The van der Waals surface area contributed by atoms with Crippen LogP contribution < -0.4 is 5.32 Å². The molecule has 1 N–H and O–H groups in total. The fourth-order valence-electron chi connectivity index (χ4n) is 2.31. The molecule has 2 atom stereocenters. The lowest BCUT2D eigenvalue weighted by atomic mass is 9.97. The third-order valence-corrected chi connectivity index (χ3v) is 4.86. The maximum atomic E-state index is 4.56. The number of aromatic nitrogens is 2. The molecule has 1 fully saturated rings. The standard InChI is InChI=1S/C14H24BrN3/c1-5-12-14(15)13(18(4)17-12)8-9(2)10(3)16-11-6-7-11/h9-11,16H,5-8H2,1-4H3. The van der Waals surface area contributed by atoms with Crippen molar-refractivity contribution in [3.05, 3.63) is 15.9 Å². The summed E-state index contributed by atoms with van der Waals surface area (Å²) in [6.45, 7) is 6.77. The molecule has 0 aliphatic heterocycles. The molecule has 1 aromatic rings. The van der Waals surface area contributed by atoms with Gasteiger partial charge in [0.2, 0.25) is 0 Å². The Bertz CT molecular complexity index is 409. The minimum atomic E-state index is 0.573. The summed E-state index contributed by atoms with van der Waals surface area (Å²) in [5.74, 6) is 0.627.